The average molecular weight is 475 g/mol. The molecule has 34 heavy (non-hydrogen) atoms. The second-order valence-electron chi connectivity index (χ2n) is 7.34. The molecule has 0 atom stereocenters. The Kier molecular flexibility index (Phi) is 6.89. The number of nitrogens with one attached hydrogen (secondary N) is 2. The smallest absolute Gasteiger partial charge is 0.336 e. The van der Waals surface area contributed by atoms with Gasteiger partial charge >= 0.3 is 5.97 Å². The highest BCUT2D eigenvalue weighted by molar-refractivity contribution is 8.00. The molecular formula is C26H19FN2O4S. The van der Waals surface area contributed by atoms with Crippen molar-refractivity contribution in [2.24, 2.45) is 0 Å². The molecule has 0 aliphatic carbocycles. The van der Waals surface area contributed by atoms with Crippen LogP contribution in [0.1, 0.15) is 20.7 Å². The molecule has 4 aromatic rings. The van der Waals surface area contributed by atoms with E-state index in [0.29, 0.717) is 22.1 Å². The molecule has 3 N–H and O–H groups in total. The second kappa shape index (κ2) is 10.2. The van der Waals surface area contributed by atoms with Crippen molar-refractivity contribution in [1.82, 2.24) is 0 Å². The summed E-state index contributed by atoms with van der Waals surface area (Å²) in [4.78, 5) is 37.6. The van der Waals surface area contributed by atoms with Gasteiger partial charge < -0.3 is 15.7 Å². The minimum Gasteiger partial charge on any atom is -0.478 e. The molecule has 0 aromatic heterocycles. The van der Waals surface area contributed by atoms with E-state index in [2.05, 4.69) is 10.6 Å². The summed E-state index contributed by atoms with van der Waals surface area (Å²) < 4.78 is 13.0. The molecule has 0 heterocycles. The number of amides is 2. The predicted octanol–water partition coefficient (Wildman–Crippen LogP) is 5.66. The summed E-state index contributed by atoms with van der Waals surface area (Å²) in [7, 11) is 0. The fraction of sp³-hybridized carbons (Fsp3) is 0.0385. The van der Waals surface area contributed by atoms with Crippen molar-refractivity contribution in [2.45, 2.75) is 4.90 Å². The topological polar surface area (TPSA) is 95.5 Å². The number of carboxylic acid groups (broad SMARTS) is 1. The van der Waals surface area contributed by atoms with Crippen molar-refractivity contribution in [2.75, 3.05) is 16.4 Å². The third kappa shape index (κ3) is 5.41. The van der Waals surface area contributed by atoms with Crippen molar-refractivity contribution in [3.63, 3.8) is 0 Å². The van der Waals surface area contributed by atoms with Gasteiger partial charge in [-0.25, -0.2) is 9.18 Å². The first-order valence-electron chi connectivity index (χ1n) is 10.3. The zero-order valence-corrected chi connectivity index (χ0v) is 18.6. The van der Waals surface area contributed by atoms with Crippen molar-refractivity contribution >= 4 is 51.7 Å². The van der Waals surface area contributed by atoms with Gasteiger partial charge in [-0.05, 0) is 60.0 Å². The van der Waals surface area contributed by atoms with E-state index in [9.17, 15) is 23.9 Å². The standard InChI is InChI=1S/C26H19FN2O4S/c27-17-10-12-18(13-11-17)28-23(30)15-34-20-7-3-6-19(14-20)29-25(31)21-8-1-4-16-5-2-9-22(24(16)21)26(32)33/h1-14H,15H2,(H,28,30)(H,29,31)(H,32,33). The first-order chi connectivity index (χ1) is 16.4. The quantitative estimate of drug-likeness (QED) is 0.301. The van der Waals surface area contributed by atoms with Crippen LogP contribution >= 0.6 is 11.8 Å². The number of carbonyl (C=O) groups excluding carboxylic acids is 2. The van der Waals surface area contributed by atoms with Crippen LogP contribution in [0.15, 0.2) is 89.8 Å². The average Bonchev–Trinajstić information content (AvgIpc) is 2.83. The first kappa shape index (κ1) is 23.0. The van der Waals surface area contributed by atoms with Crippen LogP contribution in [0.4, 0.5) is 15.8 Å². The van der Waals surface area contributed by atoms with Crippen LogP contribution in [0.3, 0.4) is 0 Å². The Morgan fingerprint density at radius 3 is 2.18 bits per heavy atom. The molecule has 6 nitrogen and oxygen atoms in total. The molecular weight excluding hydrogens is 455 g/mol. The largest absolute Gasteiger partial charge is 0.478 e. The number of anilines is 2. The Hall–Kier alpha value is -4.17. The van der Waals surface area contributed by atoms with Crippen LogP contribution in [-0.4, -0.2) is 28.6 Å². The van der Waals surface area contributed by atoms with Crippen LogP contribution in [0.5, 0.6) is 0 Å². The molecule has 0 spiro atoms. The zero-order valence-electron chi connectivity index (χ0n) is 17.7. The highest BCUT2D eigenvalue weighted by Gasteiger charge is 2.17. The fourth-order valence-electron chi connectivity index (χ4n) is 3.45. The Balaban J connectivity index is 1.45. The van der Waals surface area contributed by atoms with Crippen LogP contribution in [0.2, 0.25) is 0 Å². The maximum Gasteiger partial charge on any atom is 0.336 e. The number of thioether (sulfide) groups is 1. The summed E-state index contributed by atoms with van der Waals surface area (Å²) in [5.74, 6) is -2.05. The predicted molar refractivity (Wildman–Crippen MR) is 131 cm³/mol. The Labute approximate surface area is 198 Å². The molecule has 0 saturated carbocycles. The van der Waals surface area contributed by atoms with E-state index in [-0.39, 0.29) is 28.6 Å². The number of benzene rings is 4. The Morgan fingerprint density at radius 1 is 0.794 bits per heavy atom. The van der Waals surface area contributed by atoms with E-state index >= 15 is 0 Å². The van der Waals surface area contributed by atoms with Gasteiger partial charge in [-0.2, -0.15) is 0 Å². The van der Waals surface area contributed by atoms with Gasteiger partial charge in [0.25, 0.3) is 5.91 Å². The van der Waals surface area contributed by atoms with Gasteiger partial charge in [-0.15, -0.1) is 11.8 Å². The van der Waals surface area contributed by atoms with Crippen molar-refractivity contribution in [3.05, 3.63) is 102 Å². The van der Waals surface area contributed by atoms with Crippen molar-refractivity contribution in [3.8, 4) is 0 Å². The molecule has 4 rings (SSSR count). The SMILES string of the molecule is O=C(CSc1cccc(NC(=O)c2cccc3cccc(C(=O)O)c23)c1)Nc1ccc(F)cc1. The number of carboxylic acids is 1. The fourth-order valence-corrected chi connectivity index (χ4v) is 4.20. The maximum absolute atomic E-state index is 13.0. The van der Waals surface area contributed by atoms with Crippen LogP contribution in [0, 0.1) is 5.82 Å². The molecule has 0 aliphatic heterocycles. The normalized spacial score (nSPS) is 10.6. The highest BCUT2D eigenvalue weighted by atomic mass is 32.2. The Morgan fingerprint density at radius 2 is 1.47 bits per heavy atom. The third-order valence-electron chi connectivity index (χ3n) is 4.97. The summed E-state index contributed by atoms with van der Waals surface area (Å²) >= 11 is 1.28. The zero-order chi connectivity index (χ0) is 24.1. The van der Waals surface area contributed by atoms with Crippen LogP contribution in [0.25, 0.3) is 10.8 Å². The van der Waals surface area contributed by atoms with Gasteiger partial charge in [-0.3, -0.25) is 9.59 Å². The van der Waals surface area contributed by atoms with Gasteiger partial charge in [0.15, 0.2) is 0 Å². The second-order valence-corrected chi connectivity index (χ2v) is 8.39. The maximum atomic E-state index is 13.0. The van der Waals surface area contributed by atoms with E-state index in [0.717, 1.165) is 4.90 Å². The van der Waals surface area contributed by atoms with Gasteiger partial charge in [-0.1, -0.05) is 30.3 Å². The molecule has 170 valence electrons. The van der Waals surface area contributed by atoms with Gasteiger partial charge in [0.05, 0.1) is 11.3 Å². The van der Waals surface area contributed by atoms with Crippen LogP contribution in [-0.2, 0) is 4.79 Å². The van der Waals surface area contributed by atoms with Gasteiger partial charge in [0.1, 0.15) is 5.82 Å². The lowest BCUT2D eigenvalue weighted by atomic mass is 9.98. The summed E-state index contributed by atoms with van der Waals surface area (Å²) in [6, 6.07) is 22.4. The summed E-state index contributed by atoms with van der Waals surface area (Å²) in [5.41, 5.74) is 1.33. The molecule has 0 fully saturated rings. The van der Waals surface area contributed by atoms with E-state index in [1.807, 2.05) is 6.07 Å². The number of fused-ring (bicyclic) bond motifs is 1. The van der Waals surface area contributed by atoms with E-state index in [4.69, 9.17) is 0 Å². The van der Waals surface area contributed by atoms with E-state index < -0.39 is 11.9 Å². The monoisotopic (exact) mass is 474 g/mol. The summed E-state index contributed by atoms with van der Waals surface area (Å²) in [6.45, 7) is 0. The number of halogens is 1. The molecule has 4 aromatic carbocycles. The first-order valence-corrected chi connectivity index (χ1v) is 11.2. The molecule has 0 saturated heterocycles. The number of rotatable bonds is 7. The lowest BCUT2D eigenvalue weighted by molar-refractivity contribution is -0.113. The molecule has 2 amide bonds. The minimum absolute atomic E-state index is 0.0553. The van der Waals surface area contributed by atoms with E-state index in [1.165, 1.54) is 42.1 Å². The van der Waals surface area contributed by atoms with Gasteiger partial charge in [0, 0.05) is 27.2 Å². The molecule has 0 bridgehead atoms. The molecule has 0 radical (unpaired) electrons. The number of hydrogen-bond acceptors (Lipinski definition) is 4. The molecule has 8 heteroatoms. The highest BCUT2D eigenvalue weighted by Crippen LogP contribution is 2.26. The summed E-state index contributed by atoms with van der Waals surface area (Å²) in [6.07, 6.45) is 0. The van der Waals surface area contributed by atoms with Gasteiger partial charge in [0.2, 0.25) is 5.91 Å². The van der Waals surface area contributed by atoms with E-state index in [1.54, 1.807) is 48.5 Å². The number of hydrogen-bond donors (Lipinski definition) is 3. The molecule has 0 unspecified atom stereocenters. The lowest BCUT2D eigenvalue weighted by Gasteiger charge is -2.11. The third-order valence-corrected chi connectivity index (χ3v) is 5.96. The number of carbonyl (C=O) groups is 3. The van der Waals surface area contributed by atoms with Crippen molar-refractivity contribution in [1.29, 1.82) is 0 Å². The Bertz CT molecular complexity index is 1380. The van der Waals surface area contributed by atoms with Crippen LogP contribution < -0.4 is 10.6 Å². The minimum atomic E-state index is -1.11. The van der Waals surface area contributed by atoms with Crippen molar-refractivity contribution < 1.29 is 23.9 Å². The lowest BCUT2D eigenvalue weighted by Crippen LogP contribution is -2.14. The molecule has 0 aliphatic rings. The number of aromatic carboxylic acids is 1. The summed E-state index contributed by atoms with van der Waals surface area (Å²) in [5, 5.41) is 16.1.